The smallest absolute Gasteiger partial charge is 0.236 e. The van der Waals surface area contributed by atoms with Crippen molar-refractivity contribution in [2.24, 2.45) is 0 Å². The van der Waals surface area contributed by atoms with Gasteiger partial charge in [0.05, 0.1) is 11.6 Å². The minimum absolute atomic E-state index is 0.214. The van der Waals surface area contributed by atoms with Crippen LogP contribution in [0.1, 0.15) is 22.9 Å². The lowest BCUT2D eigenvalue weighted by Crippen LogP contribution is -2.22. The zero-order valence-electron chi connectivity index (χ0n) is 15.9. The molecule has 0 unspecified atom stereocenters. The van der Waals surface area contributed by atoms with Gasteiger partial charge in [-0.3, -0.25) is 4.79 Å². The van der Waals surface area contributed by atoms with Gasteiger partial charge < -0.3 is 9.88 Å². The summed E-state index contributed by atoms with van der Waals surface area (Å²) in [7, 11) is 0. The van der Waals surface area contributed by atoms with Gasteiger partial charge in [0.2, 0.25) is 5.91 Å². The lowest BCUT2D eigenvalue weighted by molar-refractivity contribution is -0.116. The molecule has 0 aliphatic rings. The minimum atomic E-state index is -0.490. The van der Waals surface area contributed by atoms with Gasteiger partial charge >= 0.3 is 0 Å². The Morgan fingerprint density at radius 3 is 2.10 bits per heavy atom. The van der Waals surface area contributed by atoms with Gasteiger partial charge in [-0.05, 0) is 36.2 Å². The second kappa shape index (κ2) is 8.10. The van der Waals surface area contributed by atoms with E-state index in [0.29, 0.717) is 17.2 Å². The highest BCUT2D eigenvalue weighted by Gasteiger charge is 2.23. The summed E-state index contributed by atoms with van der Waals surface area (Å²) in [5, 5.41) is 2.86. The van der Waals surface area contributed by atoms with E-state index in [4.69, 9.17) is 0 Å². The molecule has 1 N–H and O–H groups in total. The monoisotopic (exact) mass is 385 g/mol. The van der Waals surface area contributed by atoms with E-state index in [1.54, 1.807) is 36.0 Å². The molecule has 0 aliphatic carbocycles. The first-order chi connectivity index (χ1) is 14.1. The second-order valence-corrected chi connectivity index (χ2v) is 6.75. The number of hydrogen-bond acceptors (Lipinski definition) is 2. The molecule has 4 rings (SSSR count). The standard InChI is InChI=1S/C24H20FN3O/c1-17-26-14-15-28(17)22-13-12-20(16-21(22)25)27-24(29)23(18-8-4-2-5-9-18)19-10-6-3-7-11-19/h2-16,23H,1H3,(H,27,29). The largest absolute Gasteiger partial charge is 0.325 e. The maximum absolute atomic E-state index is 14.7. The Hall–Kier alpha value is -3.73. The fourth-order valence-corrected chi connectivity index (χ4v) is 3.41. The molecule has 4 nitrogen and oxygen atoms in total. The Morgan fingerprint density at radius 1 is 0.966 bits per heavy atom. The summed E-state index contributed by atoms with van der Waals surface area (Å²) >= 11 is 0. The molecule has 1 amide bonds. The molecule has 5 heteroatoms. The maximum Gasteiger partial charge on any atom is 0.236 e. The highest BCUT2D eigenvalue weighted by Crippen LogP contribution is 2.27. The molecule has 0 saturated heterocycles. The molecule has 0 saturated carbocycles. The number of aryl methyl sites for hydroxylation is 1. The molecule has 29 heavy (non-hydrogen) atoms. The van der Waals surface area contributed by atoms with E-state index in [1.165, 1.54) is 6.07 Å². The third kappa shape index (κ3) is 3.94. The Bertz CT molecular complexity index is 1080. The highest BCUT2D eigenvalue weighted by molar-refractivity contribution is 5.98. The highest BCUT2D eigenvalue weighted by atomic mass is 19.1. The summed E-state index contributed by atoms with van der Waals surface area (Å²) in [6.07, 6.45) is 3.32. The van der Waals surface area contributed by atoms with E-state index in [-0.39, 0.29) is 5.91 Å². The number of benzene rings is 3. The summed E-state index contributed by atoms with van der Waals surface area (Å²) < 4.78 is 16.4. The first kappa shape index (κ1) is 18.6. The number of nitrogens with zero attached hydrogens (tertiary/aromatic N) is 2. The van der Waals surface area contributed by atoms with Gasteiger partial charge in [0, 0.05) is 18.1 Å². The van der Waals surface area contributed by atoms with Crippen LogP contribution in [0.2, 0.25) is 0 Å². The van der Waals surface area contributed by atoms with Crippen molar-refractivity contribution < 1.29 is 9.18 Å². The summed E-state index contributed by atoms with van der Waals surface area (Å²) in [5.41, 5.74) is 2.55. The van der Waals surface area contributed by atoms with Crippen LogP contribution in [0.25, 0.3) is 5.69 Å². The predicted molar refractivity (Wildman–Crippen MR) is 112 cm³/mol. The number of nitrogens with one attached hydrogen (secondary N) is 1. The molecule has 1 heterocycles. The van der Waals surface area contributed by atoms with Crippen molar-refractivity contribution >= 4 is 11.6 Å². The Labute approximate surface area is 168 Å². The van der Waals surface area contributed by atoms with Crippen molar-refractivity contribution in [1.29, 1.82) is 0 Å². The normalized spacial score (nSPS) is 10.9. The summed E-state index contributed by atoms with van der Waals surface area (Å²) in [5.74, 6) is -0.446. The van der Waals surface area contributed by atoms with Crippen LogP contribution in [0.3, 0.4) is 0 Å². The van der Waals surface area contributed by atoms with Crippen LogP contribution in [0, 0.1) is 12.7 Å². The number of carbonyl (C=O) groups excluding carboxylic acids is 1. The van der Waals surface area contributed by atoms with Crippen molar-refractivity contribution in [2.75, 3.05) is 5.32 Å². The molecular formula is C24H20FN3O. The van der Waals surface area contributed by atoms with Crippen LogP contribution < -0.4 is 5.32 Å². The molecule has 0 bridgehead atoms. The molecule has 0 aliphatic heterocycles. The minimum Gasteiger partial charge on any atom is -0.325 e. The topological polar surface area (TPSA) is 46.9 Å². The number of hydrogen-bond donors (Lipinski definition) is 1. The number of rotatable bonds is 5. The van der Waals surface area contributed by atoms with Gasteiger partial charge in [-0.15, -0.1) is 0 Å². The van der Waals surface area contributed by atoms with E-state index in [1.807, 2.05) is 60.7 Å². The average molecular weight is 385 g/mol. The Morgan fingerprint density at radius 2 is 1.59 bits per heavy atom. The third-order valence-corrected chi connectivity index (χ3v) is 4.83. The Kier molecular flexibility index (Phi) is 5.20. The molecule has 4 aromatic rings. The number of carbonyl (C=O) groups is 1. The molecule has 0 atom stereocenters. The van der Waals surface area contributed by atoms with Crippen molar-refractivity contribution in [3.8, 4) is 5.69 Å². The maximum atomic E-state index is 14.7. The van der Waals surface area contributed by atoms with Crippen LogP contribution >= 0.6 is 0 Å². The van der Waals surface area contributed by atoms with E-state index < -0.39 is 11.7 Å². The van der Waals surface area contributed by atoms with Gasteiger partial charge in [-0.2, -0.15) is 0 Å². The lowest BCUT2D eigenvalue weighted by atomic mass is 9.90. The van der Waals surface area contributed by atoms with Crippen LogP contribution in [0.15, 0.2) is 91.3 Å². The number of anilines is 1. The SMILES string of the molecule is Cc1nccn1-c1ccc(NC(=O)C(c2ccccc2)c2ccccc2)cc1F. The number of imidazole rings is 1. The molecule has 0 fully saturated rings. The van der Waals surface area contributed by atoms with Gasteiger partial charge in [-0.25, -0.2) is 9.37 Å². The third-order valence-electron chi connectivity index (χ3n) is 4.83. The van der Waals surface area contributed by atoms with Gasteiger partial charge in [0.1, 0.15) is 11.6 Å². The fraction of sp³-hybridized carbons (Fsp3) is 0.0833. The van der Waals surface area contributed by atoms with Crippen molar-refractivity contribution in [1.82, 2.24) is 9.55 Å². The second-order valence-electron chi connectivity index (χ2n) is 6.75. The lowest BCUT2D eigenvalue weighted by Gasteiger charge is -2.18. The predicted octanol–water partition coefficient (Wildman–Crippen LogP) is 5.09. The van der Waals surface area contributed by atoms with Crippen LogP contribution in [-0.2, 0) is 4.79 Å². The molecule has 0 radical (unpaired) electrons. The number of halogens is 1. The van der Waals surface area contributed by atoms with Gasteiger partial charge in [-0.1, -0.05) is 60.7 Å². The van der Waals surface area contributed by atoms with E-state index in [2.05, 4.69) is 10.3 Å². The molecule has 1 aromatic heterocycles. The fourth-order valence-electron chi connectivity index (χ4n) is 3.41. The van der Waals surface area contributed by atoms with Crippen LogP contribution in [-0.4, -0.2) is 15.5 Å². The average Bonchev–Trinajstić information content (AvgIpc) is 3.15. The van der Waals surface area contributed by atoms with Gasteiger partial charge in [0.15, 0.2) is 0 Å². The first-order valence-electron chi connectivity index (χ1n) is 9.34. The van der Waals surface area contributed by atoms with Gasteiger partial charge in [0.25, 0.3) is 0 Å². The zero-order valence-corrected chi connectivity index (χ0v) is 15.9. The zero-order chi connectivity index (χ0) is 20.2. The summed E-state index contributed by atoms with van der Waals surface area (Å²) in [6.45, 7) is 1.81. The molecule has 144 valence electrons. The van der Waals surface area contributed by atoms with Crippen molar-refractivity contribution in [3.05, 3.63) is 114 Å². The number of amides is 1. The number of aromatic nitrogens is 2. The Balaban J connectivity index is 1.63. The molecular weight excluding hydrogens is 365 g/mol. The van der Waals surface area contributed by atoms with E-state index >= 15 is 0 Å². The summed E-state index contributed by atoms with van der Waals surface area (Å²) in [6, 6.07) is 23.8. The van der Waals surface area contributed by atoms with Crippen LogP contribution in [0.5, 0.6) is 0 Å². The van der Waals surface area contributed by atoms with Crippen molar-refractivity contribution in [2.45, 2.75) is 12.8 Å². The first-order valence-corrected chi connectivity index (χ1v) is 9.34. The van der Waals surface area contributed by atoms with Crippen molar-refractivity contribution in [3.63, 3.8) is 0 Å². The molecule has 0 spiro atoms. The quantitative estimate of drug-likeness (QED) is 0.520. The van der Waals surface area contributed by atoms with Crippen LogP contribution in [0.4, 0.5) is 10.1 Å². The van der Waals surface area contributed by atoms with E-state index in [9.17, 15) is 9.18 Å². The molecule has 3 aromatic carbocycles. The van der Waals surface area contributed by atoms with E-state index in [0.717, 1.165) is 11.1 Å². The summed E-state index contributed by atoms with van der Waals surface area (Å²) in [4.78, 5) is 17.3.